The normalized spacial score (nSPS) is 14.8. The molecule has 3 rings (SSSR count). The number of carbonyl (C=O) groups is 1. The molecule has 5 heteroatoms. The van der Waals surface area contributed by atoms with Gasteiger partial charge in [0.1, 0.15) is 11.4 Å². The highest BCUT2D eigenvalue weighted by Gasteiger charge is 2.31. The van der Waals surface area contributed by atoms with Crippen LogP contribution in [0.1, 0.15) is 40.9 Å². The fourth-order valence-electron chi connectivity index (χ4n) is 3.38. The number of ether oxygens (including phenoxy) is 1. The molecule has 0 saturated carbocycles. The number of hydrogen-bond donors (Lipinski definition) is 2. The van der Waals surface area contributed by atoms with E-state index in [9.17, 15) is 4.79 Å². The smallest absolute Gasteiger partial charge is 0.248 e. The van der Waals surface area contributed by atoms with Gasteiger partial charge in [-0.3, -0.25) is 4.79 Å². The molecule has 0 aliphatic carbocycles. The number of hydrogen-bond acceptors (Lipinski definition) is 4. The third-order valence-electron chi connectivity index (χ3n) is 4.52. The van der Waals surface area contributed by atoms with Gasteiger partial charge in [-0.2, -0.15) is 0 Å². The summed E-state index contributed by atoms with van der Waals surface area (Å²) in [4.78, 5) is 13.6. The van der Waals surface area contributed by atoms with E-state index in [2.05, 4.69) is 42.3 Å². The molecule has 138 valence electrons. The highest BCUT2D eigenvalue weighted by Crippen LogP contribution is 2.37. The van der Waals surface area contributed by atoms with E-state index in [0.29, 0.717) is 12.1 Å². The lowest BCUT2D eigenvalue weighted by molar-refractivity contribution is 0.1000. The first-order chi connectivity index (χ1) is 12.2. The molecular weight excluding hydrogens is 326 g/mol. The number of primary amides is 1. The molecule has 5 nitrogen and oxygen atoms in total. The summed E-state index contributed by atoms with van der Waals surface area (Å²) in [7, 11) is 4.04. The van der Waals surface area contributed by atoms with Crippen molar-refractivity contribution in [3.63, 3.8) is 0 Å². The Morgan fingerprint density at radius 2 is 2.00 bits per heavy atom. The van der Waals surface area contributed by atoms with E-state index in [-0.39, 0.29) is 5.60 Å². The quantitative estimate of drug-likeness (QED) is 0.837. The van der Waals surface area contributed by atoms with Crippen LogP contribution in [0.25, 0.3) is 0 Å². The molecule has 3 N–H and O–H groups in total. The maximum Gasteiger partial charge on any atom is 0.248 e. The van der Waals surface area contributed by atoms with E-state index in [1.54, 1.807) is 6.07 Å². The summed E-state index contributed by atoms with van der Waals surface area (Å²) in [5, 5.41) is 3.47. The Morgan fingerprint density at radius 3 is 2.69 bits per heavy atom. The molecule has 1 heterocycles. The average Bonchev–Trinajstić information content (AvgIpc) is 2.87. The lowest BCUT2D eigenvalue weighted by Gasteiger charge is -2.19. The van der Waals surface area contributed by atoms with Crippen molar-refractivity contribution >= 4 is 11.6 Å². The van der Waals surface area contributed by atoms with Crippen molar-refractivity contribution in [2.75, 3.05) is 19.4 Å². The van der Waals surface area contributed by atoms with E-state index < -0.39 is 5.91 Å². The Balaban J connectivity index is 1.85. The van der Waals surface area contributed by atoms with Crippen molar-refractivity contribution in [2.24, 2.45) is 5.73 Å². The zero-order valence-corrected chi connectivity index (χ0v) is 15.9. The van der Waals surface area contributed by atoms with Crippen LogP contribution < -0.4 is 15.8 Å². The van der Waals surface area contributed by atoms with Gasteiger partial charge in [0.25, 0.3) is 0 Å². The standard InChI is InChI=1S/C21H27N3O2/c1-21(2)11-15-6-5-7-16(19(15)26-21)12-23-18-10-14(20(22)25)8-9-17(18)13-24(3)4/h5-10,23H,11-13H2,1-4H3,(H2,22,25). The minimum Gasteiger partial charge on any atom is -0.487 e. The third-order valence-corrected chi connectivity index (χ3v) is 4.52. The molecule has 26 heavy (non-hydrogen) atoms. The number of nitrogens with zero attached hydrogens (tertiary/aromatic N) is 1. The molecule has 0 radical (unpaired) electrons. The van der Waals surface area contributed by atoms with Gasteiger partial charge in [-0.05, 0) is 51.2 Å². The molecule has 0 spiro atoms. The zero-order chi connectivity index (χ0) is 18.9. The van der Waals surface area contributed by atoms with Crippen molar-refractivity contribution < 1.29 is 9.53 Å². The fraction of sp³-hybridized carbons (Fsp3) is 0.381. The van der Waals surface area contributed by atoms with Crippen LogP contribution in [0.3, 0.4) is 0 Å². The first kappa shape index (κ1) is 18.3. The van der Waals surface area contributed by atoms with Gasteiger partial charge in [0.05, 0.1) is 0 Å². The molecule has 1 aliphatic rings. The largest absolute Gasteiger partial charge is 0.487 e. The molecule has 0 fully saturated rings. The fourth-order valence-corrected chi connectivity index (χ4v) is 3.38. The number of amides is 1. The predicted molar refractivity (Wildman–Crippen MR) is 105 cm³/mol. The maximum atomic E-state index is 11.5. The number of anilines is 1. The minimum atomic E-state index is -0.421. The van der Waals surface area contributed by atoms with E-state index in [1.807, 2.05) is 26.2 Å². The van der Waals surface area contributed by atoms with Crippen LogP contribution in [-0.2, 0) is 19.5 Å². The summed E-state index contributed by atoms with van der Waals surface area (Å²) in [6.07, 6.45) is 0.916. The predicted octanol–water partition coefficient (Wildman–Crippen LogP) is 3.17. The second-order valence-corrected chi connectivity index (χ2v) is 7.77. The van der Waals surface area contributed by atoms with Gasteiger partial charge in [-0.15, -0.1) is 0 Å². The number of para-hydroxylation sites is 1. The maximum absolute atomic E-state index is 11.5. The van der Waals surface area contributed by atoms with Gasteiger partial charge in [-0.1, -0.05) is 24.3 Å². The number of nitrogens with one attached hydrogen (secondary N) is 1. The highest BCUT2D eigenvalue weighted by molar-refractivity contribution is 5.94. The van der Waals surface area contributed by atoms with Crippen molar-refractivity contribution in [3.05, 3.63) is 58.7 Å². The number of fused-ring (bicyclic) bond motifs is 1. The molecule has 1 amide bonds. The second-order valence-electron chi connectivity index (χ2n) is 7.77. The molecule has 1 aliphatic heterocycles. The first-order valence-corrected chi connectivity index (χ1v) is 8.86. The van der Waals surface area contributed by atoms with E-state index in [4.69, 9.17) is 10.5 Å². The number of benzene rings is 2. The van der Waals surface area contributed by atoms with Gasteiger partial charge in [0.15, 0.2) is 0 Å². The Kier molecular flexibility index (Phi) is 4.92. The number of nitrogens with two attached hydrogens (primary N) is 1. The summed E-state index contributed by atoms with van der Waals surface area (Å²) >= 11 is 0. The van der Waals surface area contributed by atoms with Gasteiger partial charge in [0.2, 0.25) is 5.91 Å². The average molecular weight is 353 g/mol. The van der Waals surface area contributed by atoms with E-state index in [0.717, 1.165) is 35.5 Å². The van der Waals surface area contributed by atoms with Crippen molar-refractivity contribution in [1.29, 1.82) is 0 Å². The van der Waals surface area contributed by atoms with Gasteiger partial charge >= 0.3 is 0 Å². The van der Waals surface area contributed by atoms with Crippen LogP contribution in [-0.4, -0.2) is 30.5 Å². The number of rotatable bonds is 6. The van der Waals surface area contributed by atoms with Crippen LogP contribution in [0.4, 0.5) is 5.69 Å². The van der Waals surface area contributed by atoms with E-state index >= 15 is 0 Å². The van der Waals surface area contributed by atoms with Crippen LogP contribution in [0.15, 0.2) is 36.4 Å². The van der Waals surface area contributed by atoms with E-state index in [1.165, 1.54) is 5.56 Å². The molecule has 0 unspecified atom stereocenters. The molecule has 0 bridgehead atoms. The Hall–Kier alpha value is -2.53. The van der Waals surface area contributed by atoms with Crippen molar-refractivity contribution in [2.45, 2.75) is 39.0 Å². The lowest BCUT2D eigenvalue weighted by atomic mass is 10.0. The van der Waals surface area contributed by atoms with Crippen LogP contribution in [0.2, 0.25) is 0 Å². The van der Waals surface area contributed by atoms with Crippen LogP contribution >= 0.6 is 0 Å². The lowest BCUT2D eigenvalue weighted by Crippen LogP contribution is -2.25. The summed E-state index contributed by atoms with van der Waals surface area (Å²) in [6.45, 7) is 5.62. The first-order valence-electron chi connectivity index (χ1n) is 8.86. The topological polar surface area (TPSA) is 67.6 Å². The number of carbonyl (C=O) groups excluding carboxylic acids is 1. The van der Waals surface area contributed by atoms with Gasteiger partial charge in [-0.25, -0.2) is 0 Å². The molecule has 0 atom stereocenters. The zero-order valence-electron chi connectivity index (χ0n) is 15.9. The van der Waals surface area contributed by atoms with Crippen LogP contribution in [0, 0.1) is 0 Å². The molecular formula is C21H27N3O2. The monoisotopic (exact) mass is 353 g/mol. The minimum absolute atomic E-state index is 0.166. The highest BCUT2D eigenvalue weighted by atomic mass is 16.5. The summed E-state index contributed by atoms with van der Waals surface area (Å²) < 4.78 is 6.15. The molecule has 0 saturated heterocycles. The van der Waals surface area contributed by atoms with Gasteiger partial charge < -0.3 is 20.7 Å². The molecule has 2 aromatic carbocycles. The SMILES string of the molecule is CN(C)Cc1ccc(C(N)=O)cc1NCc1cccc2c1OC(C)(C)C2. The Morgan fingerprint density at radius 1 is 1.23 bits per heavy atom. The second kappa shape index (κ2) is 7.00. The van der Waals surface area contributed by atoms with Crippen molar-refractivity contribution in [3.8, 4) is 5.75 Å². The summed E-state index contributed by atoms with van der Waals surface area (Å²) in [5.74, 6) is 0.556. The van der Waals surface area contributed by atoms with Crippen LogP contribution in [0.5, 0.6) is 5.75 Å². The van der Waals surface area contributed by atoms with Gasteiger partial charge in [0, 0.05) is 36.3 Å². The molecule has 2 aromatic rings. The Bertz CT molecular complexity index is 828. The summed E-state index contributed by atoms with van der Waals surface area (Å²) in [6, 6.07) is 11.8. The summed E-state index contributed by atoms with van der Waals surface area (Å²) in [5.41, 5.74) is 10.2. The third kappa shape index (κ3) is 3.99. The Labute approximate surface area is 155 Å². The molecule has 0 aromatic heterocycles. The van der Waals surface area contributed by atoms with Crippen molar-refractivity contribution in [1.82, 2.24) is 4.90 Å².